The van der Waals surface area contributed by atoms with Gasteiger partial charge in [-0.3, -0.25) is 20.4 Å². The number of hydrogen-bond acceptors (Lipinski definition) is 4. The zero-order chi connectivity index (χ0) is 15.8. The fraction of sp³-hybridized carbons (Fsp3) is 0.357. The summed E-state index contributed by atoms with van der Waals surface area (Å²) in [6, 6.07) is 5.64. The summed E-state index contributed by atoms with van der Waals surface area (Å²) in [5, 5.41) is 2.44. The number of rotatable bonds is 4. The van der Waals surface area contributed by atoms with Gasteiger partial charge in [0, 0.05) is 6.42 Å². The minimum absolute atomic E-state index is 0.0435. The Labute approximate surface area is 129 Å². The van der Waals surface area contributed by atoms with Gasteiger partial charge in [-0.2, -0.15) is 0 Å². The first-order valence-electron chi connectivity index (χ1n) is 6.51. The highest BCUT2D eigenvalue weighted by atomic mass is 32.1. The van der Waals surface area contributed by atoms with E-state index >= 15 is 0 Å². The van der Waals surface area contributed by atoms with Crippen LogP contribution in [0.5, 0.6) is 5.75 Å². The lowest BCUT2D eigenvalue weighted by molar-refractivity contribution is -0.124. The SMILES string of the molecule is CCC(=O)NC(=S)NNC(=O)COc1cccc(C)c1C. The fourth-order valence-electron chi connectivity index (χ4n) is 1.43. The number of nitrogens with one attached hydrogen (secondary N) is 3. The van der Waals surface area contributed by atoms with Crippen molar-refractivity contribution in [2.24, 2.45) is 0 Å². The summed E-state index contributed by atoms with van der Waals surface area (Å²) >= 11 is 4.83. The number of carbonyl (C=O) groups excluding carboxylic acids is 2. The summed E-state index contributed by atoms with van der Waals surface area (Å²) in [5.74, 6) is 0.0319. The molecule has 114 valence electrons. The number of hydrogen-bond donors (Lipinski definition) is 3. The van der Waals surface area contributed by atoms with Crippen LogP contribution in [0.3, 0.4) is 0 Å². The van der Waals surface area contributed by atoms with Gasteiger partial charge in [0.15, 0.2) is 11.7 Å². The smallest absolute Gasteiger partial charge is 0.276 e. The van der Waals surface area contributed by atoms with Crippen LogP contribution in [0, 0.1) is 13.8 Å². The summed E-state index contributed by atoms with van der Waals surface area (Å²) in [6.45, 7) is 5.45. The van der Waals surface area contributed by atoms with Crippen molar-refractivity contribution in [1.29, 1.82) is 0 Å². The molecule has 2 amide bonds. The van der Waals surface area contributed by atoms with Crippen molar-refractivity contribution in [2.45, 2.75) is 27.2 Å². The summed E-state index contributed by atoms with van der Waals surface area (Å²) in [7, 11) is 0. The van der Waals surface area contributed by atoms with Crippen molar-refractivity contribution in [3.8, 4) is 5.75 Å². The molecule has 0 radical (unpaired) electrons. The second kappa shape index (κ2) is 8.21. The van der Waals surface area contributed by atoms with Crippen LogP contribution in [0.15, 0.2) is 18.2 Å². The normalized spacial score (nSPS) is 9.67. The van der Waals surface area contributed by atoms with E-state index in [1.165, 1.54) is 0 Å². The Balaban J connectivity index is 2.36. The highest BCUT2D eigenvalue weighted by Crippen LogP contribution is 2.20. The maximum absolute atomic E-state index is 11.6. The molecule has 0 aliphatic carbocycles. The fourth-order valence-corrected chi connectivity index (χ4v) is 1.60. The molecule has 0 spiro atoms. The Hall–Kier alpha value is -2.15. The first kappa shape index (κ1) is 16.9. The predicted octanol–water partition coefficient (Wildman–Crippen LogP) is 1.11. The van der Waals surface area contributed by atoms with Gasteiger partial charge in [-0.05, 0) is 43.3 Å². The molecule has 0 saturated heterocycles. The molecular formula is C14H19N3O3S. The largest absolute Gasteiger partial charge is 0.483 e. The quantitative estimate of drug-likeness (QED) is 0.574. The van der Waals surface area contributed by atoms with Crippen LogP contribution in [0.25, 0.3) is 0 Å². The minimum atomic E-state index is -0.399. The van der Waals surface area contributed by atoms with Gasteiger partial charge in [-0.1, -0.05) is 19.1 Å². The van der Waals surface area contributed by atoms with Gasteiger partial charge in [-0.25, -0.2) is 0 Å². The Morgan fingerprint density at radius 2 is 1.90 bits per heavy atom. The van der Waals surface area contributed by atoms with Crippen molar-refractivity contribution in [2.75, 3.05) is 6.61 Å². The van der Waals surface area contributed by atoms with E-state index in [2.05, 4.69) is 16.2 Å². The first-order valence-corrected chi connectivity index (χ1v) is 6.92. The molecule has 0 aliphatic rings. The summed E-state index contributed by atoms with van der Waals surface area (Å²) in [6.07, 6.45) is 0.311. The molecule has 0 saturated carbocycles. The van der Waals surface area contributed by atoms with Crippen LogP contribution in [0.1, 0.15) is 24.5 Å². The van der Waals surface area contributed by atoms with E-state index in [1.54, 1.807) is 13.0 Å². The molecule has 1 aromatic carbocycles. The second-order valence-corrected chi connectivity index (χ2v) is 4.80. The number of benzene rings is 1. The van der Waals surface area contributed by atoms with E-state index in [-0.39, 0.29) is 17.6 Å². The van der Waals surface area contributed by atoms with E-state index < -0.39 is 5.91 Å². The van der Waals surface area contributed by atoms with Crippen LogP contribution in [0.2, 0.25) is 0 Å². The van der Waals surface area contributed by atoms with Gasteiger partial charge in [0.05, 0.1) is 0 Å². The Morgan fingerprint density at radius 3 is 2.57 bits per heavy atom. The lowest BCUT2D eigenvalue weighted by Crippen LogP contribution is -2.49. The molecule has 0 heterocycles. The molecule has 0 aliphatic heterocycles. The van der Waals surface area contributed by atoms with Crippen LogP contribution >= 0.6 is 12.2 Å². The Kier molecular flexibility index (Phi) is 6.61. The highest BCUT2D eigenvalue weighted by Gasteiger charge is 2.07. The monoisotopic (exact) mass is 309 g/mol. The zero-order valence-corrected chi connectivity index (χ0v) is 13.1. The number of carbonyl (C=O) groups is 2. The number of thiocarbonyl (C=S) groups is 1. The molecule has 0 aromatic heterocycles. The molecule has 0 bridgehead atoms. The molecule has 0 atom stereocenters. The molecule has 1 aromatic rings. The van der Waals surface area contributed by atoms with E-state index in [0.717, 1.165) is 11.1 Å². The van der Waals surface area contributed by atoms with Crippen molar-refractivity contribution in [3.05, 3.63) is 29.3 Å². The van der Waals surface area contributed by atoms with Gasteiger partial charge in [0.1, 0.15) is 5.75 Å². The summed E-state index contributed by atoms with van der Waals surface area (Å²) < 4.78 is 5.43. The number of aryl methyl sites for hydroxylation is 1. The zero-order valence-electron chi connectivity index (χ0n) is 12.3. The maximum atomic E-state index is 11.6. The second-order valence-electron chi connectivity index (χ2n) is 4.39. The third kappa shape index (κ3) is 5.78. The predicted molar refractivity (Wildman–Crippen MR) is 83.7 cm³/mol. The Morgan fingerprint density at radius 1 is 1.19 bits per heavy atom. The van der Waals surface area contributed by atoms with Crippen LogP contribution in [-0.4, -0.2) is 23.5 Å². The Bertz CT molecular complexity index is 546. The maximum Gasteiger partial charge on any atom is 0.276 e. The number of amides is 2. The summed E-state index contributed by atoms with van der Waals surface area (Å²) in [5.41, 5.74) is 6.86. The minimum Gasteiger partial charge on any atom is -0.483 e. The van der Waals surface area contributed by atoms with E-state index in [1.807, 2.05) is 26.0 Å². The van der Waals surface area contributed by atoms with Crippen molar-refractivity contribution >= 4 is 29.1 Å². The standard InChI is InChI=1S/C14H19N3O3S/c1-4-12(18)15-14(21)17-16-13(19)8-20-11-7-5-6-9(2)10(11)3/h5-7H,4,8H2,1-3H3,(H,16,19)(H2,15,17,18,21). The number of ether oxygens (including phenoxy) is 1. The summed E-state index contributed by atoms with van der Waals surface area (Å²) in [4.78, 5) is 22.7. The van der Waals surface area contributed by atoms with E-state index in [4.69, 9.17) is 17.0 Å². The number of hydrazine groups is 1. The third-order valence-electron chi connectivity index (χ3n) is 2.80. The average Bonchev–Trinajstić information content (AvgIpc) is 2.46. The molecule has 21 heavy (non-hydrogen) atoms. The average molecular weight is 309 g/mol. The third-order valence-corrected chi connectivity index (χ3v) is 3.01. The van der Waals surface area contributed by atoms with E-state index in [0.29, 0.717) is 12.2 Å². The lowest BCUT2D eigenvalue weighted by atomic mass is 10.1. The molecular weight excluding hydrogens is 290 g/mol. The molecule has 0 fully saturated rings. The molecule has 1 rings (SSSR count). The van der Waals surface area contributed by atoms with Gasteiger partial charge in [0.25, 0.3) is 5.91 Å². The van der Waals surface area contributed by atoms with Crippen molar-refractivity contribution in [3.63, 3.8) is 0 Å². The van der Waals surface area contributed by atoms with Crippen LogP contribution in [0.4, 0.5) is 0 Å². The molecule has 7 heteroatoms. The van der Waals surface area contributed by atoms with Gasteiger partial charge >= 0.3 is 0 Å². The topological polar surface area (TPSA) is 79.5 Å². The van der Waals surface area contributed by atoms with E-state index in [9.17, 15) is 9.59 Å². The lowest BCUT2D eigenvalue weighted by Gasteiger charge is -2.12. The van der Waals surface area contributed by atoms with Gasteiger partial charge in [-0.15, -0.1) is 0 Å². The van der Waals surface area contributed by atoms with Crippen molar-refractivity contribution < 1.29 is 14.3 Å². The van der Waals surface area contributed by atoms with Crippen LogP contribution < -0.4 is 20.9 Å². The van der Waals surface area contributed by atoms with Gasteiger partial charge < -0.3 is 10.1 Å². The van der Waals surface area contributed by atoms with Crippen LogP contribution in [-0.2, 0) is 9.59 Å². The molecule has 0 unspecified atom stereocenters. The molecule has 6 nitrogen and oxygen atoms in total. The highest BCUT2D eigenvalue weighted by molar-refractivity contribution is 7.80. The first-order chi connectivity index (χ1) is 9.93. The molecule has 3 N–H and O–H groups in total. The van der Waals surface area contributed by atoms with Gasteiger partial charge in [0.2, 0.25) is 5.91 Å². The van der Waals surface area contributed by atoms with Crippen molar-refractivity contribution in [1.82, 2.24) is 16.2 Å².